The molecule has 0 aliphatic carbocycles. The van der Waals surface area contributed by atoms with Crippen LogP contribution in [0.25, 0.3) is 0 Å². The second kappa shape index (κ2) is 6.07. The maximum Gasteiger partial charge on any atom is 0.229 e. The zero-order chi connectivity index (χ0) is 14.7. The molecule has 0 bridgehead atoms. The average molecular weight is 274 g/mol. The Morgan fingerprint density at radius 1 is 1.40 bits per heavy atom. The lowest BCUT2D eigenvalue weighted by molar-refractivity contribution is -0.129. The van der Waals surface area contributed by atoms with Gasteiger partial charge in [0.1, 0.15) is 0 Å². The summed E-state index contributed by atoms with van der Waals surface area (Å²) in [4.78, 5) is 26.0. The molecule has 0 aromatic heterocycles. The molecular weight excluding hydrogens is 252 g/mol. The van der Waals surface area contributed by atoms with Gasteiger partial charge < -0.3 is 10.2 Å². The van der Waals surface area contributed by atoms with Crippen LogP contribution in [0.5, 0.6) is 0 Å². The first kappa shape index (κ1) is 14.6. The first-order valence-corrected chi connectivity index (χ1v) is 7.18. The summed E-state index contributed by atoms with van der Waals surface area (Å²) in [6.45, 7) is 6.62. The second-order valence-electron chi connectivity index (χ2n) is 5.56. The fraction of sp³-hybridized carbons (Fsp3) is 0.500. The van der Waals surface area contributed by atoms with Crippen molar-refractivity contribution in [3.05, 3.63) is 29.8 Å². The van der Waals surface area contributed by atoms with Gasteiger partial charge in [0.2, 0.25) is 11.8 Å². The fourth-order valence-electron chi connectivity index (χ4n) is 2.43. The number of nitrogens with zero attached hydrogens (tertiary/aromatic N) is 1. The van der Waals surface area contributed by atoms with Crippen molar-refractivity contribution >= 4 is 17.5 Å². The van der Waals surface area contributed by atoms with E-state index in [0.717, 1.165) is 17.7 Å². The lowest BCUT2D eigenvalue weighted by atomic mass is 10.1. The third kappa shape index (κ3) is 3.18. The molecule has 1 aliphatic heterocycles. The Labute approximate surface area is 120 Å². The van der Waals surface area contributed by atoms with Crippen LogP contribution in [0.3, 0.4) is 0 Å². The molecule has 2 unspecified atom stereocenters. The van der Waals surface area contributed by atoms with Crippen LogP contribution in [-0.4, -0.2) is 29.3 Å². The molecule has 2 rings (SSSR count). The van der Waals surface area contributed by atoms with Gasteiger partial charge in [0.05, 0.1) is 5.92 Å². The number of rotatable bonds is 4. The van der Waals surface area contributed by atoms with Crippen molar-refractivity contribution < 1.29 is 9.59 Å². The number of anilines is 1. The largest absolute Gasteiger partial charge is 0.339 e. The number of carbonyl (C=O) groups is 2. The summed E-state index contributed by atoms with van der Waals surface area (Å²) in [6, 6.07) is 7.90. The minimum absolute atomic E-state index is 0.0620. The molecule has 1 aliphatic rings. The summed E-state index contributed by atoms with van der Waals surface area (Å²) in [5, 5.41) is 2.89. The molecule has 0 radical (unpaired) electrons. The highest BCUT2D eigenvalue weighted by Crippen LogP contribution is 2.23. The van der Waals surface area contributed by atoms with E-state index >= 15 is 0 Å². The summed E-state index contributed by atoms with van der Waals surface area (Å²) in [6.07, 6.45) is 1.24. The molecule has 1 aromatic carbocycles. The van der Waals surface area contributed by atoms with Gasteiger partial charge in [-0.15, -0.1) is 0 Å². The molecule has 20 heavy (non-hydrogen) atoms. The number of carbonyl (C=O) groups excluding carboxylic acids is 2. The normalized spacial score (nSPS) is 20.1. The van der Waals surface area contributed by atoms with E-state index in [1.54, 1.807) is 0 Å². The predicted octanol–water partition coefficient (Wildman–Crippen LogP) is 2.58. The fourth-order valence-corrected chi connectivity index (χ4v) is 2.43. The van der Waals surface area contributed by atoms with E-state index in [4.69, 9.17) is 0 Å². The smallest absolute Gasteiger partial charge is 0.229 e. The van der Waals surface area contributed by atoms with Gasteiger partial charge >= 0.3 is 0 Å². The highest BCUT2D eigenvalue weighted by atomic mass is 16.2. The lowest BCUT2D eigenvalue weighted by Gasteiger charge is -2.23. The second-order valence-corrected chi connectivity index (χ2v) is 5.56. The average Bonchev–Trinajstić information content (AvgIpc) is 2.82. The maximum atomic E-state index is 12.2. The van der Waals surface area contributed by atoms with Crippen LogP contribution in [-0.2, 0) is 9.59 Å². The van der Waals surface area contributed by atoms with Gasteiger partial charge in [-0.25, -0.2) is 0 Å². The first-order valence-electron chi connectivity index (χ1n) is 7.18. The molecule has 1 heterocycles. The number of likely N-dealkylation sites (tertiary alicyclic amines) is 1. The molecule has 2 atom stereocenters. The van der Waals surface area contributed by atoms with E-state index in [1.165, 1.54) is 0 Å². The highest BCUT2D eigenvalue weighted by Gasteiger charge is 2.36. The molecular formula is C16H22N2O2. The first-order chi connectivity index (χ1) is 9.51. The summed E-state index contributed by atoms with van der Waals surface area (Å²) in [5.41, 5.74) is 1.94. The number of hydrogen-bond acceptors (Lipinski definition) is 2. The van der Waals surface area contributed by atoms with Crippen molar-refractivity contribution in [2.75, 3.05) is 11.9 Å². The van der Waals surface area contributed by atoms with Gasteiger partial charge in [-0.1, -0.05) is 24.6 Å². The van der Waals surface area contributed by atoms with E-state index in [-0.39, 0.29) is 23.8 Å². The van der Waals surface area contributed by atoms with E-state index in [1.807, 2.05) is 43.0 Å². The van der Waals surface area contributed by atoms with Crippen molar-refractivity contribution in [1.29, 1.82) is 0 Å². The molecule has 0 saturated carbocycles. The van der Waals surface area contributed by atoms with Crippen molar-refractivity contribution in [3.63, 3.8) is 0 Å². The van der Waals surface area contributed by atoms with Crippen molar-refractivity contribution in [2.24, 2.45) is 5.92 Å². The number of amides is 2. The SMILES string of the molecule is CCC(C)N1CC(C(=O)Nc2ccc(C)cc2)CC1=O. The zero-order valence-corrected chi connectivity index (χ0v) is 12.3. The summed E-state index contributed by atoms with van der Waals surface area (Å²) in [5.74, 6) is -0.214. The Morgan fingerprint density at radius 2 is 2.05 bits per heavy atom. The number of hydrogen-bond donors (Lipinski definition) is 1. The Balaban J connectivity index is 1.97. The molecule has 1 N–H and O–H groups in total. The van der Waals surface area contributed by atoms with E-state index < -0.39 is 0 Å². The van der Waals surface area contributed by atoms with Crippen molar-refractivity contribution in [2.45, 2.75) is 39.7 Å². The topological polar surface area (TPSA) is 49.4 Å². The van der Waals surface area contributed by atoms with Crippen molar-refractivity contribution in [3.8, 4) is 0 Å². The van der Waals surface area contributed by atoms with Gasteiger partial charge in [-0.2, -0.15) is 0 Å². The summed E-state index contributed by atoms with van der Waals surface area (Å²) < 4.78 is 0. The van der Waals surface area contributed by atoms with Gasteiger partial charge in [0.15, 0.2) is 0 Å². The molecule has 108 valence electrons. The highest BCUT2D eigenvalue weighted by molar-refractivity contribution is 5.97. The van der Waals surface area contributed by atoms with Gasteiger partial charge in [0.25, 0.3) is 0 Å². The monoisotopic (exact) mass is 274 g/mol. The lowest BCUT2D eigenvalue weighted by Crippen LogP contribution is -2.35. The molecule has 1 fully saturated rings. The molecule has 4 nitrogen and oxygen atoms in total. The maximum absolute atomic E-state index is 12.2. The van der Waals surface area contributed by atoms with E-state index in [9.17, 15) is 9.59 Å². The molecule has 4 heteroatoms. The van der Waals surface area contributed by atoms with Crippen LogP contribution in [0.1, 0.15) is 32.3 Å². The molecule has 0 spiro atoms. The van der Waals surface area contributed by atoms with Gasteiger partial charge in [-0.3, -0.25) is 9.59 Å². The number of nitrogens with one attached hydrogen (secondary N) is 1. The van der Waals surface area contributed by atoms with Gasteiger partial charge in [-0.05, 0) is 32.4 Å². The summed E-state index contributed by atoms with van der Waals surface area (Å²) >= 11 is 0. The number of benzene rings is 1. The Morgan fingerprint density at radius 3 is 2.65 bits per heavy atom. The molecule has 1 saturated heterocycles. The van der Waals surface area contributed by atoms with Crippen LogP contribution in [0.4, 0.5) is 5.69 Å². The Bertz CT molecular complexity index is 496. The molecule has 1 aromatic rings. The van der Waals surface area contributed by atoms with Crippen LogP contribution in [0.15, 0.2) is 24.3 Å². The van der Waals surface area contributed by atoms with Crippen LogP contribution in [0, 0.1) is 12.8 Å². The minimum atomic E-state index is -0.238. The summed E-state index contributed by atoms with van der Waals surface area (Å²) in [7, 11) is 0. The minimum Gasteiger partial charge on any atom is -0.339 e. The quantitative estimate of drug-likeness (QED) is 0.917. The van der Waals surface area contributed by atoms with E-state index in [2.05, 4.69) is 12.2 Å². The molecule has 2 amide bonds. The predicted molar refractivity (Wildman–Crippen MR) is 79.4 cm³/mol. The third-order valence-electron chi connectivity index (χ3n) is 3.97. The Hall–Kier alpha value is -1.84. The number of aryl methyl sites for hydroxylation is 1. The van der Waals surface area contributed by atoms with Crippen molar-refractivity contribution in [1.82, 2.24) is 4.90 Å². The Kier molecular flexibility index (Phi) is 4.42. The third-order valence-corrected chi connectivity index (χ3v) is 3.97. The van der Waals surface area contributed by atoms with Crippen LogP contribution >= 0.6 is 0 Å². The standard InChI is InChI=1S/C16H22N2O2/c1-4-12(3)18-10-13(9-15(18)19)16(20)17-14-7-5-11(2)6-8-14/h5-8,12-13H,4,9-10H2,1-3H3,(H,17,20). The zero-order valence-electron chi connectivity index (χ0n) is 12.3. The van der Waals surface area contributed by atoms with E-state index in [0.29, 0.717) is 13.0 Å². The van der Waals surface area contributed by atoms with Crippen LogP contribution < -0.4 is 5.32 Å². The van der Waals surface area contributed by atoms with Gasteiger partial charge in [0, 0.05) is 24.7 Å². The van der Waals surface area contributed by atoms with Crippen LogP contribution in [0.2, 0.25) is 0 Å².